The van der Waals surface area contributed by atoms with Gasteiger partial charge in [0.25, 0.3) is 0 Å². The maximum Gasteiger partial charge on any atom is 0.233 e. The Labute approximate surface area is 170 Å². The van der Waals surface area contributed by atoms with Crippen LogP contribution in [0.1, 0.15) is 31.9 Å². The molecule has 6 nitrogen and oxygen atoms in total. The fourth-order valence-electron chi connectivity index (χ4n) is 2.44. The third-order valence-corrected chi connectivity index (χ3v) is 3.98. The van der Waals surface area contributed by atoms with E-state index in [-0.39, 0.29) is 0 Å². The Morgan fingerprint density at radius 3 is 1.85 bits per heavy atom. The molecule has 0 bridgehead atoms. The number of hydrogen-bond donors (Lipinski definition) is 0. The van der Waals surface area contributed by atoms with E-state index in [1.54, 1.807) is 24.5 Å². The van der Waals surface area contributed by atoms with E-state index in [4.69, 9.17) is 28.0 Å². The summed E-state index contributed by atoms with van der Waals surface area (Å²) in [5.74, 6) is 0. The van der Waals surface area contributed by atoms with Crippen molar-refractivity contribution in [2.45, 2.75) is 39.5 Å². The van der Waals surface area contributed by atoms with Crippen LogP contribution in [0.5, 0.6) is 0 Å². The summed E-state index contributed by atoms with van der Waals surface area (Å²) in [5.41, 5.74) is 1.61. The van der Waals surface area contributed by atoms with Gasteiger partial charge in [-0.1, -0.05) is 35.3 Å². The van der Waals surface area contributed by atoms with Crippen LogP contribution < -0.4 is 0 Å². The number of rotatable bonds is 9. The van der Waals surface area contributed by atoms with Crippen LogP contribution in [0.4, 0.5) is 0 Å². The zero-order valence-electron chi connectivity index (χ0n) is 15.7. The van der Waals surface area contributed by atoms with E-state index in [2.05, 4.69) is 14.9 Å². The number of pyridine rings is 2. The second-order valence-corrected chi connectivity index (χ2v) is 7.91. The van der Waals surface area contributed by atoms with Gasteiger partial charge in [0.05, 0.1) is 12.1 Å². The quantitative estimate of drug-likeness (QED) is 0.355. The lowest BCUT2D eigenvalue weighted by Gasteiger charge is -2.29. The van der Waals surface area contributed by atoms with Crippen molar-refractivity contribution in [1.29, 1.82) is 0 Å². The van der Waals surface area contributed by atoms with E-state index in [1.807, 2.05) is 32.9 Å². The molecule has 2 aromatic heterocycles. The molecule has 0 aliphatic rings. The van der Waals surface area contributed by atoms with Crippen LogP contribution in [0.3, 0.4) is 0 Å². The molecule has 0 radical (unpaired) electrons. The average molecular weight is 411 g/mol. The van der Waals surface area contributed by atoms with Crippen molar-refractivity contribution in [1.82, 2.24) is 19.9 Å². The molecular weight excluding hydrogens is 387 g/mol. The number of carbonyl (C=O) groups is 1. The van der Waals surface area contributed by atoms with Crippen molar-refractivity contribution >= 4 is 29.6 Å². The first-order chi connectivity index (χ1) is 12.7. The number of hydroxylamine groups is 2. The minimum absolute atomic E-state index is 0.433. The lowest BCUT2D eigenvalue weighted by Crippen LogP contribution is -2.38. The standard InChI is InChI=1S/C19H24Cl2N4O2/c1-19(2,3)27-25(14-26)9-8-24(12-15-4-6-17(20)22-10-15)13-16-5-7-18(21)23-11-16/h4-7,10-11,14H,8-9,12-13H2,1-3H3. The predicted molar refractivity (Wildman–Crippen MR) is 106 cm³/mol. The van der Waals surface area contributed by atoms with Gasteiger partial charge in [-0.2, -0.15) is 0 Å². The number of carbonyl (C=O) groups excluding carboxylic acids is 1. The maximum absolute atomic E-state index is 11.3. The molecule has 0 aliphatic carbocycles. The zero-order valence-corrected chi connectivity index (χ0v) is 17.2. The minimum atomic E-state index is -0.439. The fourth-order valence-corrected chi connectivity index (χ4v) is 2.67. The number of halogens is 2. The van der Waals surface area contributed by atoms with Crippen molar-refractivity contribution in [3.05, 3.63) is 58.1 Å². The topological polar surface area (TPSA) is 58.6 Å². The maximum atomic E-state index is 11.3. The van der Waals surface area contributed by atoms with E-state index in [1.165, 1.54) is 5.06 Å². The molecule has 0 aromatic carbocycles. The normalized spacial score (nSPS) is 11.6. The Balaban J connectivity index is 2.06. The summed E-state index contributed by atoms with van der Waals surface area (Å²) in [7, 11) is 0. The number of aromatic nitrogens is 2. The average Bonchev–Trinajstić information content (AvgIpc) is 2.61. The van der Waals surface area contributed by atoms with Gasteiger partial charge in [0.1, 0.15) is 10.3 Å². The summed E-state index contributed by atoms with van der Waals surface area (Å²) < 4.78 is 0. The minimum Gasteiger partial charge on any atom is -0.293 e. The Morgan fingerprint density at radius 1 is 0.963 bits per heavy atom. The highest BCUT2D eigenvalue weighted by atomic mass is 35.5. The van der Waals surface area contributed by atoms with Gasteiger partial charge in [-0.05, 0) is 44.0 Å². The zero-order chi connectivity index (χ0) is 19.9. The Hall–Kier alpha value is -1.73. The smallest absolute Gasteiger partial charge is 0.233 e. The molecule has 0 spiro atoms. The highest BCUT2D eigenvalue weighted by Crippen LogP contribution is 2.14. The molecule has 2 rings (SSSR count). The monoisotopic (exact) mass is 410 g/mol. The van der Waals surface area contributed by atoms with Gasteiger partial charge >= 0.3 is 0 Å². The van der Waals surface area contributed by atoms with Crippen molar-refractivity contribution in [2.24, 2.45) is 0 Å². The van der Waals surface area contributed by atoms with Crippen LogP contribution in [-0.4, -0.2) is 45.0 Å². The van der Waals surface area contributed by atoms with Gasteiger partial charge in [-0.3, -0.25) is 14.5 Å². The Morgan fingerprint density at radius 2 is 1.48 bits per heavy atom. The van der Waals surface area contributed by atoms with Crippen LogP contribution in [0.25, 0.3) is 0 Å². The molecule has 2 heterocycles. The molecule has 146 valence electrons. The first kappa shape index (κ1) is 21.6. The van der Waals surface area contributed by atoms with Gasteiger partial charge in [0.15, 0.2) is 0 Å². The number of nitrogens with zero attached hydrogens (tertiary/aromatic N) is 4. The van der Waals surface area contributed by atoms with E-state index in [0.29, 0.717) is 42.9 Å². The molecule has 0 saturated carbocycles. The summed E-state index contributed by atoms with van der Waals surface area (Å²) in [4.78, 5) is 27.4. The summed E-state index contributed by atoms with van der Waals surface area (Å²) >= 11 is 11.7. The molecule has 0 aliphatic heterocycles. The summed E-state index contributed by atoms with van der Waals surface area (Å²) in [6.07, 6.45) is 4.20. The van der Waals surface area contributed by atoms with E-state index in [9.17, 15) is 4.79 Å². The van der Waals surface area contributed by atoms with Crippen LogP contribution in [0, 0.1) is 0 Å². The number of hydrogen-bond acceptors (Lipinski definition) is 5. The third kappa shape index (κ3) is 8.22. The van der Waals surface area contributed by atoms with Gasteiger partial charge in [0.2, 0.25) is 6.41 Å². The highest BCUT2D eigenvalue weighted by Gasteiger charge is 2.17. The molecule has 8 heteroatoms. The Bertz CT molecular complexity index is 670. The van der Waals surface area contributed by atoms with Crippen molar-refractivity contribution in [2.75, 3.05) is 13.1 Å². The molecule has 27 heavy (non-hydrogen) atoms. The van der Waals surface area contributed by atoms with Gasteiger partial charge < -0.3 is 0 Å². The van der Waals surface area contributed by atoms with Crippen molar-refractivity contribution in [3.63, 3.8) is 0 Å². The second kappa shape index (κ2) is 9.99. The third-order valence-electron chi connectivity index (χ3n) is 3.53. The summed E-state index contributed by atoms with van der Waals surface area (Å²) in [6, 6.07) is 7.40. The molecule has 0 fully saturated rings. The van der Waals surface area contributed by atoms with Crippen LogP contribution >= 0.6 is 23.2 Å². The van der Waals surface area contributed by atoms with E-state index in [0.717, 1.165) is 11.1 Å². The molecular formula is C19H24Cl2N4O2. The lowest BCUT2D eigenvalue weighted by atomic mass is 10.2. The lowest BCUT2D eigenvalue weighted by molar-refractivity contribution is -0.217. The first-order valence-corrected chi connectivity index (χ1v) is 9.35. The van der Waals surface area contributed by atoms with E-state index >= 15 is 0 Å². The van der Waals surface area contributed by atoms with Crippen molar-refractivity contribution in [3.8, 4) is 0 Å². The predicted octanol–water partition coefficient (Wildman–Crippen LogP) is 3.97. The van der Waals surface area contributed by atoms with Gasteiger partial charge in [-0.25, -0.2) is 15.0 Å². The van der Waals surface area contributed by atoms with Crippen LogP contribution in [0.2, 0.25) is 10.3 Å². The molecule has 0 N–H and O–H groups in total. The number of amides is 1. The second-order valence-electron chi connectivity index (χ2n) is 7.14. The molecule has 0 atom stereocenters. The summed E-state index contributed by atoms with van der Waals surface area (Å²) in [5, 5.41) is 2.24. The Kier molecular flexibility index (Phi) is 7.98. The van der Waals surface area contributed by atoms with Crippen LogP contribution in [0.15, 0.2) is 36.7 Å². The SMILES string of the molecule is CC(C)(C)ON(C=O)CCN(Cc1ccc(Cl)nc1)Cc1ccc(Cl)nc1. The highest BCUT2D eigenvalue weighted by molar-refractivity contribution is 6.29. The molecule has 2 aromatic rings. The van der Waals surface area contributed by atoms with E-state index < -0.39 is 5.60 Å². The van der Waals surface area contributed by atoms with Gasteiger partial charge in [-0.15, -0.1) is 0 Å². The molecule has 0 saturated heterocycles. The molecule has 0 unspecified atom stereocenters. The fraction of sp³-hybridized carbons (Fsp3) is 0.421. The molecule has 1 amide bonds. The largest absolute Gasteiger partial charge is 0.293 e. The summed E-state index contributed by atoms with van der Waals surface area (Å²) in [6.45, 7) is 8.05. The first-order valence-electron chi connectivity index (χ1n) is 8.59. The van der Waals surface area contributed by atoms with Crippen molar-refractivity contribution < 1.29 is 9.63 Å². The van der Waals surface area contributed by atoms with Crippen LogP contribution in [-0.2, 0) is 22.7 Å². The van der Waals surface area contributed by atoms with Gasteiger partial charge in [0, 0.05) is 32.0 Å².